The van der Waals surface area contributed by atoms with Crippen LogP contribution in [0.25, 0.3) is 0 Å². The van der Waals surface area contributed by atoms with Crippen LogP contribution in [0.3, 0.4) is 0 Å². The largest absolute Gasteiger partial charge is 0.381 e. The first-order valence-electron chi connectivity index (χ1n) is 8.76. The average molecular weight is 280 g/mol. The molecule has 1 saturated heterocycles. The third-order valence-corrected chi connectivity index (χ3v) is 5.92. The lowest BCUT2D eigenvalue weighted by molar-refractivity contribution is 0.0175. The summed E-state index contributed by atoms with van der Waals surface area (Å²) in [5.41, 5.74) is 0. The summed E-state index contributed by atoms with van der Waals surface area (Å²) in [6, 6.07) is 0.663. The van der Waals surface area contributed by atoms with E-state index < -0.39 is 0 Å². The Hall–Kier alpha value is -0.120. The Morgan fingerprint density at radius 3 is 2.65 bits per heavy atom. The van der Waals surface area contributed by atoms with E-state index in [1.807, 2.05) is 0 Å². The molecule has 0 spiro atoms. The number of ether oxygens (including phenoxy) is 1. The van der Waals surface area contributed by atoms with E-state index in [2.05, 4.69) is 24.2 Å². The highest BCUT2D eigenvalue weighted by atomic mass is 16.5. The lowest BCUT2D eigenvalue weighted by atomic mass is 9.88. The van der Waals surface area contributed by atoms with Gasteiger partial charge in [0, 0.05) is 31.7 Å². The summed E-state index contributed by atoms with van der Waals surface area (Å²) in [7, 11) is 2.32. The maximum absolute atomic E-state index is 5.71. The van der Waals surface area contributed by atoms with Crippen molar-refractivity contribution in [1.29, 1.82) is 0 Å². The predicted octanol–water partition coefficient (Wildman–Crippen LogP) is 2.37. The molecule has 3 aliphatic rings. The van der Waals surface area contributed by atoms with Crippen molar-refractivity contribution in [3.8, 4) is 0 Å². The summed E-state index contributed by atoms with van der Waals surface area (Å²) >= 11 is 0. The number of hydrogen-bond donors (Lipinski definition) is 1. The topological polar surface area (TPSA) is 24.5 Å². The van der Waals surface area contributed by atoms with Gasteiger partial charge in [0.05, 0.1) is 6.61 Å². The Bertz CT molecular complexity index is 307. The molecule has 3 rings (SSSR count). The fourth-order valence-electron chi connectivity index (χ4n) is 4.98. The quantitative estimate of drug-likeness (QED) is 0.808. The van der Waals surface area contributed by atoms with Gasteiger partial charge in [0.25, 0.3) is 0 Å². The average Bonchev–Trinajstić information content (AvgIpc) is 3.03. The van der Waals surface area contributed by atoms with Gasteiger partial charge in [0.2, 0.25) is 0 Å². The molecule has 3 fully saturated rings. The molecule has 116 valence electrons. The van der Waals surface area contributed by atoms with Gasteiger partial charge in [-0.25, -0.2) is 0 Å². The van der Waals surface area contributed by atoms with E-state index in [9.17, 15) is 0 Å². The van der Waals surface area contributed by atoms with E-state index in [-0.39, 0.29) is 0 Å². The minimum Gasteiger partial charge on any atom is -0.381 e. The van der Waals surface area contributed by atoms with Gasteiger partial charge < -0.3 is 15.0 Å². The Morgan fingerprint density at radius 2 is 1.95 bits per heavy atom. The molecule has 2 aliphatic carbocycles. The molecule has 2 bridgehead atoms. The molecule has 20 heavy (non-hydrogen) atoms. The molecule has 5 atom stereocenters. The molecule has 0 aromatic heterocycles. The van der Waals surface area contributed by atoms with Gasteiger partial charge in [-0.05, 0) is 57.0 Å². The molecule has 0 radical (unpaired) electrons. The van der Waals surface area contributed by atoms with E-state index in [0.29, 0.717) is 12.0 Å². The first-order chi connectivity index (χ1) is 9.76. The van der Waals surface area contributed by atoms with Crippen molar-refractivity contribution < 1.29 is 4.74 Å². The van der Waals surface area contributed by atoms with Crippen LogP contribution in [0.5, 0.6) is 0 Å². The minimum atomic E-state index is 0.663. The second-order valence-electron chi connectivity index (χ2n) is 7.44. The van der Waals surface area contributed by atoms with Crippen molar-refractivity contribution in [2.45, 2.75) is 45.1 Å². The third kappa shape index (κ3) is 3.37. The normalized spacial score (nSPS) is 40.6. The SMILES string of the molecule is CCNC1CCOCC1CN(C)CC1CC2CCC1C2. The van der Waals surface area contributed by atoms with Gasteiger partial charge in [-0.15, -0.1) is 0 Å². The molecule has 3 nitrogen and oxygen atoms in total. The lowest BCUT2D eigenvalue weighted by Gasteiger charge is -2.36. The zero-order chi connectivity index (χ0) is 13.9. The number of nitrogens with zero attached hydrogens (tertiary/aromatic N) is 1. The van der Waals surface area contributed by atoms with Crippen LogP contribution in [0.4, 0.5) is 0 Å². The van der Waals surface area contributed by atoms with Crippen molar-refractivity contribution >= 4 is 0 Å². The van der Waals surface area contributed by atoms with Crippen molar-refractivity contribution in [2.24, 2.45) is 23.7 Å². The van der Waals surface area contributed by atoms with E-state index in [0.717, 1.165) is 37.5 Å². The molecule has 1 heterocycles. The van der Waals surface area contributed by atoms with Crippen LogP contribution in [-0.2, 0) is 4.74 Å². The number of rotatable bonds is 6. The Kier molecular flexibility index (Phi) is 5.00. The Labute approximate surface area is 124 Å². The van der Waals surface area contributed by atoms with E-state index in [1.165, 1.54) is 45.2 Å². The highest BCUT2D eigenvalue weighted by Gasteiger charge is 2.39. The maximum atomic E-state index is 5.71. The van der Waals surface area contributed by atoms with Gasteiger partial charge in [-0.2, -0.15) is 0 Å². The van der Waals surface area contributed by atoms with Gasteiger partial charge >= 0.3 is 0 Å². The van der Waals surface area contributed by atoms with Crippen LogP contribution < -0.4 is 5.32 Å². The van der Waals surface area contributed by atoms with E-state index >= 15 is 0 Å². The van der Waals surface area contributed by atoms with Crippen LogP contribution >= 0.6 is 0 Å². The van der Waals surface area contributed by atoms with Crippen molar-refractivity contribution in [3.63, 3.8) is 0 Å². The van der Waals surface area contributed by atoms with Crippen LogP contribution in [0, 0.1) is 23.7 Å². The standard InChI is InChI=1S/C17H32N2O/c1-3-18-17-6-7-20-12-16(17)11-19(2)10-15-9-13-4-5-14(15)8-13/h13-18H,3-12H2,1-2H3. The van der Waals surface area contributed by atoms with Crippen molar-refractivity contribution in [2.75, 3.05) is 39.9 Å². The molecule has 0 amide bonds. The second-order valence-corrected chi connectivity index (χ2v) is 7.44. The molecule has 5 unspecified atom stereocenters. The van der Waals surface area contributed by atoms with Crippen LogP contribution in [0.15, 0.2) is 0 Å². The second kappa shape index (κ2) is 6.76. The lowest BCUT2D eigenvalue weighted by Crippen LogP contribution is -2.47. The van der Waals surface area contributed by atoms with E-state index in [4.69, 9.17) is 4.74 Å². The monoisotopic (exact) mass is 280 g/mol. The molecule has 0 aromatic carbocycles. The zero-order valence-corrected chi connectivity index (χ0v) is 13.3. The number of hydrogen-bond acceptors (Lipinski definition) is 3. The highest BCUT2D eigenvalue weighted by molar-refractivity contribution is 4.91. The van der Waals surface area contributed by atoms with Crippen LogP contribution in [-0.4, -0.2) is 50.8 Å². The molecule has 2 saturated carbocycles. The van der Waals surface area contributed by atoms with Gasteiger partial charge in [-0.1, -0.05) is 13.3 Å². The van der Waals surface area contributed by atoms with Crippen molar-refractivity contribution in [3.05, 3.63) is 0 Å². The first kappa shape index (κ1) is 14.8. The van der Waals surface area contributed by atoms with Crippen LogP contribution in [0.1, 0.15) is 39.0 Å². The molecule has 1 N–H and O–H groups in total. The maximum Gasteiger partial charge on any atom is 0.0521 e. The Morgan fingerprint density at radius 1 is 1.10 bits per heavy atom. The molecular weight excluding hydrogens is 248 g/mol. The summed E-state index contributed by atoms with van der Waals surface area (Å²) in [6.45, 7) is 7.69. The van der Waals surface area contributed by atoms with Gasteiger partial charge in [0.1, 0.15) is 0 Å². The van der Waals surface area contributed by atoms with Gasteiger partial charge in [-0.3, -0.25) is 0 Å². The summed E-state index contributed by atoms with van der Waals surface area (Å²) in [6.07, 6.45) is 7.25. The smallest absolute Gasteiger partial charge is 0.0521 e. The molecular formula is C17H32N2O. The summed E-state index contributed by atoms with van der Waals surface area (Å²) in [5.74, 6) is 3.79. The van der Waals surface area contributed by atoms with Crippen LogP contribution in [0.2, 0.25) is 0 Å². The Balaban J connectivity index is 1.46. The number of fused-ring (bicyclic) bond motifs is 2. The minimum absolute atomic E-state index is 0.663. The number of nitrogens with one attached hydrogen (secondary N) is 1. The third-order valence-electron chi connectivity index (χ3n) is 5.92. The first-order valence-corrected chi connectivity index (χ1v) is 8.76. The fourth-order valence-corrected chi connectivity index (χ4v) is 4.98. The summed E-state index contributed by atoms with van der Waals surface area (Å²) < 4.78 is 5.71. The predicted molar refractivity (Wildman–Crippen MR) is 82.8 cm³/mol. The summed E-state index contributed by atoms with van der Waals surface area (Å²) in [5, 5.41) is 3.65. The molecule has 1 aliphatic heterocycles. The fraction of sp³-hybridized carbons (Fsp3) is 1.00. The molecule has 3 heteroatoms. The van der Waals surface area contributed by atoms with Crippen molar-refractivity contribution in [1.82, 2.24) is 10.2 Å². The molecule has 0 aromatic rings. The summed E-state index contributed by atoms with van der Waals surface area (Å²) in [4.78, 5) is 2.59. The van der Waals surface area contributed by atoms with Gasteiger partial charge in [0.15, 0.2) is 0 Å². The zero-order valence-electron chi connectivity index (χ0n) is 13.3. The van der Waals surface area contributed by atoms with E-state index in [1.54, 1.807) is 0 Å². The highest BCUT2D eigenvalue weighted by Crippen LogP contribution is 2.48.